The van der Waals surface area contributed by atoms with Crippen LogP contribution in [0.1, 0.15) is 0 Å². The number of rotatable bonds is 10. The van der Waals surface area contributed by atoms with Crippen LogP contribution in [0.5, 0.6) is 0 Å². The maximum Gasteiger partial charge on any atom is 0.0540 e. The summed E-state index contributed by atoms with van der Waals surface area (Å²) in [7, 11) is 0. The lowest BCUT2D eigenvalue weighted by Crippen LogP contribution is -2.11. The number of hydrogen-bond acceptors (Lipinski definition) is 1. The van der Waals surface area contributed by atoms with Crippen molar-refractivity contribution in [3.05, 3.63) is 261 Å². The molecule has 0 spiro atoms. The summed E-state index contributed by atoms with van der Waals surface area (Å²) >= 11 is 0. The van der Waals surface area contributed by atoms with Crippen LogP contribution in [0.15, 0.2) is 261 Å². The van der Waals surface area contributed by atoms with Gasteiger partial charge < -0.3 is 4.90 Å². The molecule has 1 nitrogen and oxygen atoms in total. The third-order valence-corrected chi connectivity index (χ3v) is 11.6. The Kier molecular flexibility index (Phi) is 10.4. The minimum absolute atomic E-state index is 1.08. The van der Waals surface area contributed by atoms with E-state index in [2.05, 4.69) is 266 Å². The van der Waals surface area contributed by atoms with E-state index >= 15 is 0 Å². The van der Waals surface area contributed by atoms with E-state index < -0.39 is 0 Å². The van der Waals surface area contributed by atoms with Crippen LogP contribution in [0.2, 0.25) is 0 Å². The Morgan fingerprint density at radius 1 is 0.164 bits per heavy atom. The monoisotopic (exact) mass is 777 g/mol. The predicted octanol–water partition coefficient (Wildman–Crippen LogP) is 16.8. The second-order valence-electron chi connectivity index (χ2n) is 15.3. The molecule has 0 saturated carbocycles. The molecule has 0 atom stereocenters. The van der Waals surface area contributed by atoms with E-state index in [-0.39, 0.29) is 0 Å². The summed E-state index contributed by atoms with van der Waals surface area (Å²) in [5.74, 6) is 0. The topological polar surface area (TPSA) is 3.24 Å². The summed E-state index contributed by atoms with van der Waals surface area (Å²) in [6.07, 6.45) is 0. The van der Waals surface area contributed by atoms with Crippen LogP contribution >= 0.6 is 0 Å². The fourth-order valence-electron chi connectivity index (χ4n) is 8.55. The van der Waals surface area contributed by atoms with Crippen molar-refractivity contribution in [2.24, 2.45) is 0 Å². The molecule has 1 heteroatoms. The lowest BCUT2D eigenvalue weighted by Gasteiger charge is -2.28. The van der Waals surface area contributed by atoms with Crippen LogP contribution in [-0.2, 0) is 0 Å². The molecular formula is C60H43N. The fourth-order valence-corrected chi connectivity index (χ4v) is 8.55. The van der Waals surface area contributed by atoms with Gasteiger partial charge in [-0.15, -0.1) is 0 Å². The van der Waals surface area contributed by atoms with Crippen molar-refractivity contribution < 1.29 is 0 Å². The van der Waals surface area contributed by atoms with Crippen molar-refractivity contribution in [3.8, 4) is 77.9 Å². The largest absolute Gasteiger partial charge is 0.310 e. The average Bonchev–Trinajstić information content (AvgIpc) is 3.35. The Labute approximate surface area is 359 Å². The molecule has 10 aromatic carbocycles. The second-order valence-corrected chi connectivity index (χ2v) is 15.3. The first-order valence-electron chi connectivity index (χ1n) is 20.9. The number of hydrogen-bond donors (Lipinski definition) is 0. The van der Waals surface area contributed by atoms with E-state index in [9.17, 15) is 0 Å². The van der Waals surface area contributed by atoms with Gasteiger partial charge in [-0.25, -0.2) is 0 Å². The molecule has 0 amide bonds. The summed E-state index contributed by atoms with van der Waals surface area (Å²) < 4.78 is 0. The molecule has 288 valence electrons. The van der Waals surface area contributed by atoms with E-state index in [4.69, 9.17) is 0 Å². The molecule has 61 heavy (non-hydrogen) atoms. The van der Waals surface area contributed by atoms with Gasteiger partial charge in [0.1, 0.15) is 0 Å². The van der Waals surface area contributed by atoms with Gasteiger partial charge >= 0.3 is 0 Å². The van der Waals surface area contributed by atoms with Crippen molar-refractivity contribution in [2.45, 2.75) is 0 Å². The van der Waals surface area contributed by atoms with E-state index in [0.29, 0.717) is 0 Å². The van der Waals surface area contributed by atoms with Crippen molar-refractivity contribution >= 4 is 17.1 Å². The van der Waals surface area contributed by atoms with Gasteiger partial charge in [0.25, 0.3) is 0 Å². The molecule has 0 unspecified atom stereocenters. The van der Waals surface area contributed by atoms with Gasteiger partial charge in [-0.3, -0.25) is 0 Å². The van der Waals surface area contributed by atoms with Crippen LogP contribution in [0.4, 0.5) is 17.1 Å². The summed E-state index contributed by atoms with van der Waals surface area (Å²) in [5.41, 5.74) is 20.1. The predicted molar refractivity (Wildman–Crippen MR) is 259 cm³/mol. The van der Waals surface area contributed by atoms with Crippen LogP contribution in [0.3, 0.4) is 0 Å². The molecular weight excluding hydrogens is 735 g/mol. The SMILES string of the molecule is c1ccc(-c2ccc(-c3ccc(N(c4ccc(-c5ccccc5-c5ccccc5-c5ccccc5-c5ccccc5)cc4)c4ccccc4-c4ccccc4)cc3)cc2)cc1. The van der Waals surface area contributed by atoms with Gasteiger partial charge in [-0.1, -0.05) is 231 Å². The third kappa shape index (κ3) is 7.69. The van der Waals surface area contributed by atoms with Gasteiger partial charge in [-0.05, 0) is 103 Å². The summed E-state index contributed by atoms with van der Waals surface area (Å²) in [5, 5.41) is 0. The van der Waals surface area contributed by atoms with Crippen LogP contribution < -0.4 is 4.90 Å². The Morgan fingerprint density at radius 3 is 0.836 bits per heavy atom. The summed E-state index contributed by atoms with van der Waals surface area (Å²) in [6.45, 7) is 0. The number of para-hydroxylation sites is 1. The summed E-state index contributed by atoms with van der Waals surface area (Å²) in [6, 6.07) is 93.9. The Hall–Kier alpha value is -8.00. The van der Waals surface area contributed by atoms with Gasteiger partial charge in [0.2, 0.25) is 0 Å². The molecule has 0 bridgehead atoms. The highest BCUT2D eigenvalue weighted by Gasteiger charge is 2.19. The fraction of sp³-hybridized carbons (Fsp3) is 0. The molecule has 0 fully saturated rings. The standard InChI is InChI=1S/C60H43N/c1-4-18-44(19-5-1)45-32-34-46(35-33-45)47-36-40-51(41-37-47)61(60-31-17-16-26-55(60)49-22-8-3-9-23-49)52-42-38-50(39-43-52)54-25-11-13-28-57(54)59-30-15-14-29-58(59)56-27-12-10-24-53(56)48-20-6-2-7-21-48/h1-43H. The second kappa shape index (κ2) is 17.1. The highest BCUT2D eigenvalue weighted by Crippen LogP contribution is 2.44. The first-order valence-corrected chi connectivity index (χ1v) is 20.9. The van der Waals surface area contributed by atoms with Gasteiger partial charge in [0, 0.05) is 16.9 Å². The average molecular weight is 778 g/mol. The van der Waals surface area contributed by atoms with Crippen LogP contribution in [0.25, 0.3) is 77.9 Å². The minimum Gasteiger partial charge on any atom is -0.310 e. The van der Waals surface area contributed by atoms with Gasteiger partial charge in [0.15, 0.2) is 0 Å². The smallest absolute Gasteiger partial charge is 0.0540 e. The lowest BCUT2D eigenvalue weighted by atomic mass is 9.87. The Balaban J connectivity index is 1.03. The molecule has 0 aliphatic rings. The zero-order valence-corrected chi connectivity index (χ0v) is 33.8. The first kappa shape index (κ1) is 37.3. The van der Waals surface area contributed by atoms with Crippen LogP contribution in [0, 0.1) is 0 Å². The summed E-state index contributed by atoms with van der Waals surface area (Å²) in [4.78, 5) is 2.39. The molecule has 0 heterocycles. The molecule has 0 N–H and O–H groups in total. The zero-order chi connectivity index (χ0) is 40.8. The minimum atomic E-state index is 1.08. The van der Waals surface area contributed by atoms with E-state index in [0.717, 1.165) is 22.6 Å². The molecule has 0 aromatic heterocycles. The zero-order valence-electron chi connectivity index (χ0n) is 33.8. The molecule has 0 aliphatic carbocycles. The molecule has 0 radical (unpaired) electrons. The molecule has 10 rings (SSSR count). The maximum absolute atomic E-state index is 2.39. The quantitative estimate of drug-likeness (QED) is 0.134. The number of benzene rings is 10. The van der Waals surface area contributed by atoms with Gasteiger partial charge in [-0.2, -0.15) is 0 Å². The first-order chi connectivity index (χ1) is 30.3. The maximum atomic E-state index is 2.39. The van der Waals surface area contributed by atoms with Crippen LogP contribution in [-0.4, -0.2) is 0 Å². The van der Waals surface area contributed by atoms with E-state index in [1.165, 1.54) is 72.3 Å². The van der Waals surface area contributed by atoms with Crippen molar-refractivity contribution in [2.75, 3.05) is 4.90 Å². The third-order valence-electron chi connectivity index (χ3n) is 11.6. The van der Waals surface area contributed by atoms with E-state index in [1.54, 1.807) is 0 Å². The normalized spacial score (nSPS) is 11.0. The van der Waals surface area contributed by atoms with Crippen molar-refractivity contribution in [1.29, 1.82) is 0 Å². The Bertz CT molecular complexity index is 3020. The highest BCUT2D eigenvalue weighted by atomic mass is 15.1. The van der Waals surface area contributed by atoms with E-state index in [1.807, 2.05) is 0 Å². The molecule has 0 saturated heterocycles. The lowest BCUT2D eigenvalue weighted by molar-refractivity contribution is 1.28. The number of nitrogens with zero attached hydrogens (tertiary/aromatic N) is 1. The van der Waals surface area contributed by atoms with Crippen molar-refractivity contribution in [1.82, 2.24) is 0 Å². The number of anilines is 3. The van der Waals surface area contributed by atoms with Crippen molar-refractivity contribution in [3.63, 3.8) is 0 Å². The highest BCUT2D eigenvalue weighted by molar-refractivity contribution is 5.96. The Morgan fingerprint density at radius 2 is 0.410 bits per heavy atom. The molecule has 10 aromatic rings. The molecule has 0 aliphatic heterocycles. The van der Waals surface area contributed by atoms with Gasteiger partial charge in [0.05, 0.1) is 5.69 Å².